The lowest BCUT2D eigenvalue weighted by Crippen LogP contribution is -2.36. The molecule has 1 saturated carbocycles. The molecular formula is C15H18F3N3. The van der Waals surface area contributed by atoms with Crippen molar-refractivity contribution in [3.05, 3.63) is 30.1 Å². The first-order valence-corrected chi connectivity index (χ1v) is 7.26. The maximum absolute atomic E-state index is 12.6. The van der Waals surface area contributed by atoms with Crippen molar-refractivity contribution in [1.82, 2.24) is 15.3 Å². The van der Waals surface area contributed by atoms with Gasteiger partial charge in [-0.1, -0.05) is 12.1 Å². The number of hydrogen-bond donors (Lipinski definition) is 2. The highest BCUT2D eigenvalue weighted by Crippen LogP contribution is 2.37. The van der Waals surface area contributed by atoms with Crippen molar-refractivity contribution in [3.63, 3.8) is 0 Å². The Morgan fingerprint density at radius 1 is 1.14 bits per heavy atom. The minimum Gasteiger partial charge on any atom is -0.341 e. The van der Waals surface area contributed by atoms with Crippen LogP contribution in [0, 0.1) is 5.92 Å². The zero-order chi connectivity index (χ0) is 14.9. The molecular weight excluding hydrogens is 279 g/mol. The molecule has 1 fully saturated rings. The molecule has 0 unspecified atom stereocenters. The Hall–Kier alpha value is -1.56. The molecule has 2 aromatic rings. The van der Waals surface area contributed by atoms with Gasteiger partial charge in [-0.2, -0.15) is 13.2 Å². The second kappa shape index (κ2) is 5.67. The minimum absolute atomic E-state index is 0.150. The van der Waals surface area contributed by atoms with Gasteiger partial charge in [-0.05, 0) is 37.8 Å². The largest absolute Gasteiger partial charge is 0.391 e. The number of H-pyrrole nitrogens is 1. The van der Waals surface area contributed by atoms with E-state index in [0.29, 0.717) is 19.4 Å². The third kappa shape index (κ3) is 3.37. The summed E-state index contributed by atoms with van der Waals surface area (Å²) in [6, 6.07) is 7.91. The first-order valence-electron chi connectivity index (χ1n) is 7.26. The SMILES string of the molecule is FC(F)(F)C1CCC(NCc2nc3ccccc3[nH]2)CC1. The van der Waals surface area contributed by atoms with Crippen LogP contribution in [-0.2, 0) is 6.54 Å². The van der Waals surface area contributed by atoms with Gasteiger partial charge in [0.25, 0.3) is 0 Å². The number of hydrogen-bond acceptors (Lipinski definition) is 2. The van der Waals surface area contributed by atoms with Gasteiger partial charge in [-0.3, -0.25) is 0 Å². The third-order valence-electron chi connectivity index (χ3n) is 4.19. The zero-order valence-corrected chi connectivity index (χ0v) is 11.6. The molecule has 2 N–H and O–H groups in total. The Morgan fingerprint density at radius 3 is 2.52 bits per heavy atom. The van der Waals surface area contributed by atoms with Gasteiger partial charge in [0.05, 0.1) is 23.5 Å². The van der Waals surface area contributed by atoms with Crippen LogP contribution in [0.1, 0.15) is 31.5 Å². The van der Waals surface area contributed by atoms with E-state index in [-0.39, 0.29) is 18.9 Å². The lowest BCUT2D eigenvalue weighted by Gasteiger charge is -2.30. The number of aromatic nitrogens is 2. The van der Waals surface area contributed by atoms with Gasteiger partial charge in [-0.25, -0.2) is 4.98 Å². The normalized spacial score (nSPS) is 23.6. The molecule has 0 radical (unpaired) electrons. The quantitative estimate of drug-likeness (QED) is 0.905. The van der Waals surface area contributed by atoms with Crippen LogP contribution in [-0.4, -0.2) is 22.2 Å². The van der Waals surface area contributed by atoms with Gasteiger partial charge in [0, 0.05) is 6.04 Å². The van der Waals surface area contributed by atoms with Crippen LogP contribution in [0.5, 0.6) is 0 Å². The van der Waals surface area contributed by atoms with E-state index in [0.717, 1.165) is 16.9 Å². The van der Waals surface area contributed by atoms with E-state index in [2.05, 4.69) is 15.3 Å². The zero-order valence-electron chi connectivity index (χ0n) is 11.6. The summed E-state index contributed by atoms with van der Waals surface area (Å²) < 4.78 is 37.8. The van der Waals surface area contributed by atoms with Crippen LogP contribution in [0.2, 0.25) is 0 Å². The van der Waals surface area contributed by atoms with Crippen LogP contribution in [0.3, 0.4) is 0 Å². The molecule has 1 aromatic carbocycles. The van der Waals surface area contributed by atoms with E-state index in [1.54, 1.807) is 0 Å². The van der Waals surface area contributed by atoms with E-state index in [1.165, 1.54) is 0 Å². The maximum Gasteiger partial charge on any atom is 0.391 e. The lowest BCUT2D eigenvalue weighted by molar-refractivity contribution is -0.182. The summed E-state index contributed by atoms with van der Waals surface area (Å²) in [6.07, 6.45) is -2.44. The number of halogens is 3. The molecule has 3 nitrogen and oxygen atoms in total. The van der Waals surface area contributed by atoms with Crippen molar-refractivity contribution in [2.75, 3.05) is 0 Å². The van der Waals surface area contributed by atoms with E-state index in [1.807, 2.05) is 24.3 Å². The van der Waals surface area contributed by atoms with Crippen molar-refractivity contribution < 1.29 is 13.2 Å². The number of para-hydroxylation sites is 2. The second-order valence-electron chi connectivity index (χ2n) is 5.67. The summed E-state index contributed by atoms with van der Waals surface area (Å²) in [4.78, 5) is 7.67. The summed E-state index contributed by atoms with van der Waals surface area (Å²) >= 11 is 0. The van der Waals surface area contributed by atoms with Crippen LogP contribution in [0.25, 0.3) is 11.0 Å². The van der Waals surface area contributed by atoms with Gasteiger partial charge in [0.2, 0.25) is 0 Å². The summed E-state index contributed by atoms with van der Waals surface area (Å²) in [5, 5.41) is 3.31. The first-order chi connectivity index (χ1) is 10.0. The van der Waals surface area contributed by atoms with Crippen LogP contribution in [0.15, 0.2) is 24.3 Å². The summed E-state index contributed by atoms with van der Waals surface area (Å²) in [6.45, 7) is 0.566. The molecule has 21 heavy (non-hydrogen) atoms. The smallest absolute Gasteiger partial charge is 0.341 e. The van der Waals surface area contributed by atoms with Crippen molar-refractivity contribution in [3.8, 4) is 0 Å². The average molecular weight is 297 g/mol. The highest BCUT2D eigenvalue weighted by atomic mass is 19.4. The van der Waals surface area contributed by atoms with Crippen molar-refractivity contribution >= 4 is 11.0 Å². The van der Waals surface area contributed by atoms with Crippen molar-refractivity contribution in [2.45, 2.75) is 44.4 Å². The molecule has 0 aliphatic heterocycles. The molecule has 1 aromatic heterocycles. The van der Waals surface area contributed by atoms with E-state index in [9.17, 15) is 13.2 Å². The number of nitrogens with one attached hydrogen (secondary N) is 2. The number of aromatic amines is 1. The number of nitrogens with zero attached hydrogens (tertiary/aromatic N) is 1. The highest BCUT2D eigenvalue weighted by molar-refractivity contribution is 5.74. The lowest BCUT2D eigenvalue weighted by atomic mass is 9.85. The van der Waals surface area contributed by atoms with E-state index >= 15 is 0 Å². The minimum atomic E-state index is -4.04. The van der Waals surface area contributed by atoms with Crippen molar-refractivity contribution in [2.24, 2.45) is 5.92 Å². The summed E-state index contributed by atoms with van der Waals surface area (Å²) in [5.74, 6) is -0.295. The average Bonchev–Trinajstić information content (AvgIpc) is 2.87. The molecule has 1 heterocycles. The van der Waals surface area contributed by atoms with Gasteiger partial charge < -0.3 is 10.3 Å². The fraction of sp³-hybridized carbons (Fsp3) is 0.533. The second-order valence-corrected chi connectivity index (χ2v) is 5.67. The molecule has 0 bridgehead atoms. The molecule has 3 rings (SSSR count). The molecule has 0 amide bonds. The maximum atomic E-state index is 12.6. The van der Waals surface area contributed by atoms with Crippen LogP contribution in [0.4, 0.5) is 13.2 Å². The Kier molecular flexibility index (Phi) is 3.89. The Morgan fingerprint density at radius 2 is 1.86 bits per heavy atom. The summed E-state index contributed by atoms with van der Waals surface area (Å²) in [7, 11) is 0. The molecule has 0 saturated heterocycles. The predicted molar refractivity (Wildman–Crippen MR) is 74.7 cm³/mol. The van der Waals surface area contributed by atoms with Gasteiger partial charge in [0.15, 0.2) is 0 Å². The van der Waals surface area contributed by atoms with Crippen LogP contribution < -0.4 is 5.32 Å². The number of alkyl halides is 3. The molecule has 114 valence electrons. The molecule has 6 heteroatoms. The van der Waals surface area contributed by atoms with E-state index in [4.69, 9.17) is 0 Å². The van der Waals surface area contributed by atoms with Gasteiger partial charge >= 0.3 is 6.18 Å². The fourth-order valence-corrected chi connectivity index (χ4v) is 2.96. The molecule has 0 spiro atoms. The third-order valence-corrected chi connectivity index (χ3v) is 4.19. The standard InChI is InChI=1S/C15H18F3N3/c16-15(17,18)10-5-7-11(8-6-10)19-9-14-20-12-3-1-2-4-13(12)21-14/h1-4,10-11,19H,5-9H2,(H,20,21). The molecule has 1 aliphatic rings. The topological polar surface area (TPSA) is 40.7 Å². The number of fused-ring (bicyclic) bond motifs is 1. The Balaban J connectivity index is 1.52. The number of rotatable bonds is 3. The first kappa shape index (κ1) is 14.4. The Bertz CT molecular complexity index is 564. The summed E-state index contributed by atoms with van der Waals surface area (Å²) in [5.41, 5.74) is 1.89. The molecule has 1 aliphatic carbocycles. The number of benzene rings is 1. The molecule has 0 atom stereocenters. The Labute approximate surface area is 121 Å². The monoisotopic (exact) mass is 297 g/mol. The highest BCUT2D eigenvalue weighted by Gasteiger charge is 2.41. The van der Waals surface area contributed by atoms with E-state index < -0.39 is 12.1 Å². The van der Waals surface area contributed by atoms with Crippen LogP contribution >= 0.6 is 0 Å². The fourth-order valence-electron chi connectivity index (χ4n) is 2.96. The predicted octanol–water partition coefficient (Wildman–Crippen LogP) is 3.77. The number of imidazole rings is 1. The van der Waals surface area contributed by atoms with Gasteiger partial charge in [0.1, 0.15) is 5.82 Å². The van der Waals surface area contributed by atoms with Gasteiger partial charge in [-0.15, -0.1) is 0 Å². The van der Waals surface area contributed by atoms with Crippen molar-refractivity contribution in [1.29, 1.82) is 0 Å².